The Morgan fingerprint density at radius 2 is 1.94 bits per heavy atom. The first-order valence-corrected chi connectivity index (χ1v) is 11.7. The Hall–Kier alpha value is -4.08. The van der Waals surface area contributed by atoms with Gasteiger partial charge in [-0.3, -0.25) is 0 Å². The number of anilines is 2. The Morgan fingerprint density at radius 1 is 1.03 bits per heavy atom. The van der Waals surface area contributed by atoms with Crippen LogP contribution in [0.15, 0.2) is 72.4 Å². The molecule has 0 fully saturated rings. The summed E-state index contributed by atoms with van der Waals surface area (Å²) in [4.78, 5) is 13.4. The number of fused-ring (bicyclic) bond motifs is 1. The van der Waals surface area contributed by atoms with Crippen molar-refractivity contribution in [1.82, 2.24) is 15.0 Å². The lowest BCUT2D eigenvalue weighted by atomic mass is 10.1. The van der Waals surface area contributed by atoms with E-state index in [2.05, 4.69) is 20.3 Å². The zero-order valence-electron chi connectivity index (χ0n) is 18.9. The molecule has 0 aliphatic rings. The first kappa shape index (κ1) is 22.7. The van der Waals surface area contributed by atoms with E-state index in [1.807, 2.05) is 41.8 Å². The Balaban J connectivity index is 1.40. The molecule has 176 valence electrons. The number of nitrogens with one attached hydrogen (secondary N) is 1. The minimum absolute atomic E-state index is 0.225. The van der Waals surface area contributed by atoms with Gasteiger partial charge in [0.2, 0.25) is 0 Å². The number of rotatable bonds is 8. The highest BCUT2D eigenvalue weighted by molar-refractivity contribution is 7.09. The number of methoxy groups -OCH3 is 1. The number of aromatic nitrogens is 3. The highest BCUT2D eigenvalue weighted by Crippen LogP contribution is 2.34. The third-order valence-electron chi connectivity index (χ3n) is 5.37. The Kier molecular flexibility index (Phi) is 6.51. The third-order valence-corrected chi connectivity index (χ3v) is 6.24. The van der Waals surface area contributed by atoms with Gasteiger partial charge in [-0.05, 0) is 42.0 Å². The number of ether oxygens (including phenoxy) is 2. The zero-order valence-corrected chi connectivity index (χ0v) is 19.7. The fourth-order valence-electron chi connectivity index (χ4n) is 3.64. The van der Waals surface area contributed by atoms with E-state index in [4.69, 9.17) is 15.2 Å². The summed E-state index contributed by atoms with van der Waals surface area (Å²) < 4.78 is 24.8. The predicted octanol–water partition coefficient (Wildman–Crippen LogP) is 5.68. The number of nitrogens with zero attached hydrogens (tertiary/aromatic N) is 3. The molecule has 0 atom stereocenters. The Bertz CT molecular complexity index is 1490. The molecule has 2 heterocycles. The van der Waals surface area contributed by atoms with Gasteiger partial charge < -0.3 is 20.5 Å². The van der Waals surface area contributed by atoms with Crippen LogP contribution in [-0.4, -0.2) is 22.1 Å². The molecular formula is C26H22FN5O2S. The maximum Gasteiger partial charge on any atom is 0.162 e. The van der Waals surface area contributed by atoms with Gasteiger partial charge >= 0.3 is 0 Å². The van der Waals surface area contributed by atoms with Gasteiger partial charge in [-0.25, -0.2) is 19.3 Å². The van der Waals surface area contributed by atoms with Crippen LogP contribution in [0.3, 0.4) is 0 Å². The van der Waals surface area contributed by atoms with E-state index in [1.165, 1.54) is 29.8 Å². The molecule has 5 rings (SSSR count). The molecule has 7 nitrogen and oxygen atoms in total. The molecule has 0 aliphatic carbocycles. The SMILES string of the molecule is COc1cc(Nc2ncnc3ccc(-c4csc(CN)n4)cc23)ccc1OCc1cccc(F)c1. The van der Waals surface area contributed by atoms with Crippen LogP contribution in [0.4, 0.5) is 15.9 Å². The molecule has 0 radical (unpaired) electrons. The van der Waals surface area contributed by atoms with Crippen molar-refractivity contribution < 1.29 is 13.9 Å². The van der Waals surface area contributed by atoms with Crippen molar-refractivity contribution >= 4 is 33.7 Å². The lowest BCUT2D eigenvalue weighted by Gasteiger charge is -2.14. The van der Waals surface area contributed by atoms with Crippen molar-refractivity contribution in [2.45, 2.75) is 13.2 Å². The Morgan fingerprint density at radius 3 is 2.74 bits per heavy atom. The van der Waals surface area contributed by atoms with E-state index in [1.54, 1.807) is 19.2 Å². The van der Waals surface area contributed by atoms with Gasteiger partial charge in [0.05, 0.1) is 18.3 Å². The molecule has 9 heteroatoms. The van der Waals surface area contributed by atoms with E-state index in [0.717, 1.165) is 38.4 Å². The van der Waals surface area contributed by atoms with Crippen molar-refractivity contribution in [1.29, 1.82) is 0 Å². The molecular weight excluding hydrogens is 465 g/mol. The average molecular weight is 488 g/mol. The molecule has 0 unspecified atom stereocenters. The molecule has 0 amide bonds. The lowest BCUT2D eigenvalue weighted by molar-refractivity contribution is 0.284. The maximum atomic E-state index is 13.4. The van der Waals surface area contributed by atoms with Crippen LogP contribution in [0.1, 0.15) is 10.6 Å². The summed E-state index contributed by atoms with van der Waals surface area (Å²) >= 11 is 1.54. The topological polar surface area (TPSA) is 95.2 Å². The van der Waals surface area contributed by atoms with Gasteiger partial charge in [-0.2, -0.15) is 0 Å². The van der Waals surface area contributed by atoms with E-state index >= 15 is 0 Å². The minimum Gasteiger partial charge on any atom is -0.493 e. The number of hydrogen-bond acceptors (Lipinski definition) is 8. The van der Waals surface area contributed by atoms with Crippen LogP contribution in [0.2, 0.25) is 0 Å². The van der Waals surface area contributed by atoms with Gasteiger partial charge in [0.15, 0.2) is 11.5 Å². The summed E-state index contributed by atoms with van der Waals surface area (Å²) in [6.45, 7) is 0.640. The van der Waals surface area contributed by atoms with Gasteiger partial charge in [0, 0.05) is 34.6 Å². The smallest absolute Gasteiger partial charge is 0.162 e. The third kappa shape index (κ3) is 5.06. The zero-order chi connectivity index (χ0) is 24.2. The molecule has 0 aliphatic heterocycles. The summed E-state index contributed by atoms with van der Waals surface area (Å²) in [5, 5.41) is 7.09. The number of halogens is 1. The average Bonchev–Trinajstić information content (AvgIpc) is 3.37. The predicted molar refractivity (Wildman–Crippen MR) is 136 cm³/mol. The van der Waals surface area contributed by atoms with E-state index < -0.39 is 0 Å². The van der Waals surface area contributed by atoms with Crippen LogP contribution in [0, 0.1) is 5.82 Å². The molecule has 35 heavy (non-hydrogen) atoms. The first-order chi connectivity index (χ1) is 17.1. The second kappa shape index (κ2) is 10.0. The van der Waals surface area contributed by atoms with Gasteiger partial charge in [0.1, 0.15) is 29.6 Å². The van der Waals surface area contributed by atoms with Crippen LogP contribution >= 0.6 is 11.3 Å². The fourth-order valence-corrected chi connectivity index (χ4v) is 4.33. The quantitative estimate of drug-likeness (QED) is 0.291. The summed E-state index contributed by atoms with van der Waals surface area (Å²) in [6.07, 6.45) is 1.52. The normalized spacial score (nSPS) is 10.9. The summed E-state index contributed by atoms with van der Waals surface area (Å²) in [7, 11) is 1.57. The number of thiazole rings is 1. The number of hydrogen-bond donors (Lipinski definition) is 2. The largest absolute Gasteiger partial charge is 0.493 e. The van der Waals surface area contributed by atoms with E-state index in [9.17, 15) is 4.39 Å². The summed E-state index contributed by atoms with van der Waals surface area (Å²) in [5.74, 6) is 1.45. The van der Waals surface area contributed by atoms with Crippen LogP contribution in [0.25, 0.3) is 22.2 Å². The second-order valence-electron chi connectivity index (χ2n) is 7.69. The molecule has 0 saturated carbocycles. The second-order valence-corrected chi connectivity index (χ2v) is 8.64. The summed E-state index contributed by atoms with van der Waals surface area (Å²) in [6, 6.07) is 17.8. The van der Waals surface area contributed by atoms with Gasteiger partial charge in [0.25, 0.3) is 0 Å². The molecule has 3 N–H and O–H groups in total. The van der Waals surface area contributed by atoms with Crippen molar-refractivity contribution in [3.63, 3.8) is 0 Å². The van der Waals surface area contributed by atoms with Crippen LogP contribution < -0.4 is 20.5 Å². The van der Waals surface area contributed by atoms with Crippen molar-refractivity contribution in [3.05, 3.63) is 88.8 Å². The summed E-state index contributed by atoms with van der Waals surface area (Å²) in [5.41, 5.74) is 9.85. The van der Waals surface area contributed by atoms with Crippen molar-refractivity contribution in [2.75, 3.05) is 12.4 Å². The minimum atomic E-state index is -0.299. The molecule has 5 aromatic rings. The number of benzene rings is 3. The fraction of sp³-hybridized carbons (Fsp3) is 0.115. The molecule has 3 aromatic carbocycles. The lowest BCUT2D eigenvalue weighted by Crippen LogP contribution is -2.00. The number of nitrogens with two attached hydrogens (primary N) is 1. The monoisotopic (exact) mass is 487 g/mol. The van der Waals surface area contributed by atoms with E-state index in [0.29, 0.717) is 23.9 Å². The van der Waals surface area contributed by atoms with Gasteiger partial charge in [-0.15, -0.1) is 11.3 Å². The van der Waals surface area contributed by atoms with Crippen molar-refractivity contribution in [3.8, 4) is 22.8 Å². The Labute approximate surface area is 205 Å². The van der Waals surface area contributed by atoms with Crippen molar-refractivity contribution in [2.24, 2.45) is 5.73 Å². The highest BCUT2D eigenvalue weighted by atomic mass is 32.1. The highest BCUT2D eigenvalue weighted by Gasteiger charge is 2.11. The molecule has 0 spiro atoms. The van der Waals surface area contributed by atoms with Crippen LogP contribution in [-0.2, 0) is 13.2 Å². The maximum absolute atomic E-state index is 13.4. The standard InChI is InChI=1S/C26H22FN5O2S/c1-33-24-11-19(6-8-23(24)34-13-16-3-2-4-18(27)9-16)31-26-20-10-17(5-7-21(20)29-15-30-26)22-14-35-25(12-28)32-22/h2-11,14-15H,12-13,28H2,1H3,(H,29,30,31). The molecule has 0 bridgehead atoms. The van der Waals surface area contributed by atoms with Gasteiger partial charge in [-0.1, -0.05) is 18.2 Å². The van der Waals surface area contributed by atoms with Crippen LogP contribution in [0.5, 0.6) is 11.5 Å². The molecule has 0 saturated heterocycles. The first-order valence-electron chi connectivity index (χ1n) is 10.8. The van der Waals surface area contributed by atoms with E-state index in [-0.39, 0.29) is 12.4 Å². The molecule has 2 aromatic heterocycles.